The molecule has 0 fully saturated rings. The Labute approximate surface area is 169 Å². The minimum absolute atomic E-state index is 0.0320. The van der Waals surface area contributed by atoms with Crippen LogP contribution in [0.1, 0.15) is 27.4 Å². The summed E-state index contributed by atoms with van der Waals surface area (Å²) in [6, 6.07) is 13.8. The van der Waals surface area contributed by atoms with Crippen LogP contribution in [0.15, 0.2) is 54.6 Å². The molecular formula is C21H16F3N5O. The van der Waals surface area contributed by atoms with Crippen molar-refractivity contribution in [3.63, 3.8) is 0 Å². The average molecular weight is 411 g/mol. The molecule has 0 unspecified atom stereocenters. The Balaban J connectivity index is 1.67. The summed E-state index contributed by atoms with van der Waals surface area (Å²) < 4.78 is 39.6. The van der Waals surface area contributed by atoms with Crippen LogP contribution in [0.25, 0.3) is 16.8 Å². The zero-order valence-electron chi connectivity index (χ0n) is 16.0. The molecule has 4 aromatic rings. The number of anilines is 1. The van der Waals surface area contributed by atoms with E-state index in [9.17, 15) is 18.0 Å². The molecule has 0 radical (unpaired) electrons. The minimum atomic E-state index is -4.44. The molecule has 1 amide bonds. The first-order valence-electron chi connectivity index (χ1n) is 9.02. The summed E-state index contributed by atoms with van der Waals surface area (Å²) in [5.74, 6) is -0.587. The van der Waals surface area contributed by atoms with Gasteiger partial charge in [0, 0.05) is 5.69 Å². The van der Waals surface area contributed by atoms with Crippen LogP contribution < -0.4 is 5.32 Å². The van der Waals surface area contributed by atoms with E-state index in [1.807, 2.05) is 37.3 Å². The Morgan fingerprint density at radius 3 is 2.27 bits per heavy atom. The quantitative estimate of drug-likeness (QED) is 0.531. The van der Waals surface area contributed by atoms with Crippen molar-refractivity contribution in [1.82, 2.24) is 19.8 Å². The number of halogens is 3. The molecule has 0 saturated heterocycles. The Hall–Kier alpha value is -3.75. The van der Waals surface area contributed by atoms with Gasteiger partial charge in [-0.1, -0.05) is 30.3 Å². The highest BCUT2D eigenvalue weighted by molar-refractivity contribution is 6.03. The number of aryl methyl sites for hydroxylation is 2. The van der Waals surface area contributed by atoms with E-state index in [1.165, 1.54) is 12.1 Å². The summed E-state index contributed by atoms with van der Waals surface area (Å²) >= 11 is 0. The molecule has 6 nitrogen and oxygen atoms in total. The van der Waals surface area contributed by atoms with E-state index in [1.54, 1.807) is 11.4 Å². The molecule has 2 heterocycles. The number of alkyl halides is 3. The van der Waals surface area contributed by atoms with Gasteiger partial charge in [0.15, 0.2) is 11.3 Å². The van der Waals surface area contributed by atoms with E-state index in [0.29, 0.717) is 11.3 Å². The summed E-state index contributed by atoms with van der Waals surface area (Å²) in [6.45, 7) is 3.53. The van der Waals surface area contributed by atoms with Gasteiger partial charge in [-0.3, -0.25) is 4.79 Å². The SMILES string of the molecule is Cc1nn2c(C)c(C(=O)Nc3ccc(C(F)(F)F)cc3)nnc2c1-c1ccccc1. The zero-order chi connectivity index (χ0) is 21.5. The second-order valence-electron chi connectivity index (χ2n) is 6.73. The third-order valence-electron chi connectivity index (χ3n) is 4.69. The maximum absolute atomic E-state index is 12.7. The van der Waals surface area contributed by atoms with Gasteiger partial charge in [-0.25, -0.2) is 4.52 Å². The lowest BCUT2D eigenvalue weighted by Gasteiger charge is -2.10. The maximum Gasteiger partial charge on any atom is 0.416 e. The van der Waals surface area contributed by atoms with E-state index < -0.39 is 17.6 Å². The van der Waals surface area contributed by atoms with Crippen LogP contribution in [0.2, 0.25) is 0 Å². The lowest BCUT2D eigenvalue weighted by Crippen LogP contribution is -2.18. The van der Waals surface area contributed by atoms with Crippen LogP contribution in [0, 0.1) is 13.8 Å². The molecule has 0 aliphatic carbocycles. The van der Waals surface area contributed by atoms with Crippen molar-refractivity contribution in [2.24, 2.45) is 0 Å². The van der Waals surface area contributed by atoms with Gasteiger partial charge < -0.3 is 5.32 Å². The normalized spacial score (nSPS) is 11.6. The minimum Gasteiger partial charge on any atom is -0.321 e. The summed E-state index contributed by atoms with van der Waals surface area (Å²) in [5.41, 5.74) is 2.93. The number of amides is 1. The predicted molar refractivity (Wildman–Crippen MR) is 105 cm³/mol. The molecular weight excluding hydrogens is 395 g/mol. The molecule has 2 aromatic heterocycles. The fourth-order valence-electron chi connectivity index (χ4n) is 3.20. The van der Waals surface area contributed by atoms with Gasteiger partial charge in [-0.05, 0) is 43.7 Å². The molecule has 4 rings (SSSR count). The van der Waals surface area contributed by atoms with Crippen molar-refractivity contribution in [1.29, 1.82) is 0 Å². The fraction of sp³-hybridized carbons (Fsp3) is 0.143. The van der Waals surface area contributed by atoms with Crippen LogP contribution in [0.4, 0.5) is 18.9 Å². The third kappa shape index (κ3) is 3.49. The largest absolute Gasteiger partial charge is 0.416 e. The first-order chi connectivity index (χ1) is 14.3. The van der Waals surface area contributed by atoms with Crippen molar-refractivity contribution in [2.75, 3.05) is 5.32 Å². The van der Waals surface area contributed by atoms with Gasteiger partial charge in [-0.2, -0.15) is 18.3 Å². The number of nitrogens with zero attached hydrogens (tertiary/aromatic N) is 4. The number of benzene rings is 2. The Morgan fingerprint density at radius 2 is 1.63 bits per heavy atom. The van der Waals surface area contributed by atoms with Crippen LogP contribution in [-0.2, 0) is 6.18 Å². The topological polar surface area (TPSA) is 72.2 Å². The molecule has 1 N–H and O–H groups in total. The van der Waals surface area contributed by atoms with E-state index in [0.717, 1.165) is 29.0 Å². The number of hydrogen-bond acceptors (Lipinski definition) is 4. The van der Waals surface area contributed by atoms with Crippen molar-refractivity contribution < 1.29 is 18.0 Å². The van der Waals surface area contributed by atoms with Gasteiger partial charge in [-0.15, -0.1) is 10.2 Å². The second kappa shape index (κ2) is 7.25. The number of aromatic nitrogens is 4. The highest BCUT2D eigenvalue weighted by atomic mass is 19.4. The van der Waals surface area contributed by atoms with Crippen LogP contribution in [0.3, 0.4) is 0 Å². The average Bonchev–Trinajstić information content (AvgIpc) is 3.05. The van der Waals surface area contributed by atoms with Crippen molar-refractivity contribution >= 4 is 17.2 Å². The number of rotatable bonds is 3. The molecule has 0 bridgehead atoms. The molecule has 0 aliphatic rings. The lowest BCUT2D eigenvalue weighted by atomic mass is 10.1. The van der Waals surface area contributed by atoms with Gasteiger partial charge >= 0.3 is 6.18 Å². The number of hydrogen-bond donors (Lipinski definition) is 1. The van der Waals surface area contributed by atoms with Gasteiger partial charge in [0.1, 0.15) is 0 Å². The Kier molecular flexibility index (Phi) is 4.73. The van der Waals surface area contributed by atoms with Crippen molar-refractivity contribution in [3.8, 4) is 11.1 Å². The smallest absolute Gasteiger partial charge is 0.321 e. The summed E-state index contributed by atoms with van der Waals surface area (Å²) in [5, 5.41) is 15.3. The van der Waals surface area contributed by atoms with E-state index in [4.69, 9.17) is 0 Å². The molecule has 9 heteroatoms. The van der Waals surface area contributed by atoms with Gasteiger partial charge in [0.05, 0.1) is 22.5 Å². The second-order valence-corrected chi connectivity index (χ2v) is 6.73. The first kappa shape index (κ1) is 19.6. The lowest BCUT2D eigenvalue weighted by molar-refractivity contribution is -0.137. The van der Waals surface area contributed by atoms with Gasteiger partial charge in [0.25, 0.3) is 5.91 Å². The number of fused-ring (bicyclic) bond motifs is 1. The Bertz CT molecular complexity index is 1230. The number of nitrogens with one attached hydrogen (secondary N) is 1. The highest BCUT2D eigenvalue weighted by Crippen LogP contribution is 2.30. The molecule has 30 heavy (non-hydrogen) atoms. The molecule has 0 aliphatic heterocycles. The summed E-state index contributed by atoms with van der Waals surface area (Å²) in [6.07, 6.45) is -4.44. The summed E-state index contributed by atoms with van der Waals surface area (Å²) in [4.78, 5) is 12.6. The zero-order valence-corrected chi connectivity index (χ0v) is 16.0. The first-order valence-corrected chi connectivity index (χ1v) is 9.02. The van der Waals surface area contributed by atoms with Crippen LogP contribution in [0.5, 0.6) is 0 Å². The highest BCUT2D eigenvalue weighted by Gasteiger charge is 2.30. The van der Waals surface area contributed by atoms with Crippen molar-refractivity contribution in [3.05, 3.63) is 77.2 Å². The molecule has 0 saturated carbocycles. The Morgan fingerprint density at radius 1 is 0.967 bits per heavy atom. The monoisotopic (exact) mass is 411 g/mol. The third-order valence-corrected chi connectivity index (χ3v) is 4.69. The summed E-state index contributed by atoms with van der Waals surface area (Å²) in [7, 11) is 0. The standard InChI is InChI=1S/C21H16F3N5O/c1-12-17(14-6-4-3-5-7-14)19-27-26-18(13(2)29(19)28-12)20(30)25-16-10-8-15(9-11-16)21(22,23)24/h3-11H,1-2H3,(H,25,30). The number of carbonyl (C=O) groups is 1. The van der Waals surface area contributed by atoms with Crippen LogP contribution in [-0.4, -0.2) is 25.7 Å². The fourth-order valence-corrected chi connectivity index (χ4v) is 3.20. The molecule has 152 valence electrons. The van der Waals surface area contributed by atoms with E-state index in [2.05, 4.69) is 20.6 Å². The molecule has 0 atom stereocenters. The van der Waals surface area contributed by atoms with E-state index in [-0.39, 0.29) is 11.4 Å². The number of carbonyl (C=O) groups excluding carboxylic acids is 1. The van der Waals surface area contributed by atoms with E-state index >= 15 is 0 Å². The van der Waals surface area contributed by atoms with Crippen LogP contribution >= 0.6 is 0 Å². The maximum atomic E-state index is 12.7. The predicted octanol–water partition coefficient (Wildman–Crippen LogP) is 4.68. The van der Waals surface area contributed by atoms with Gasteiger partial charge in [0.2, 0.25) is 0 Å². The molecule has 2 aromatic carbocycles. The molecule has 0 spiro atoms. The van der Waals surface area contributed by atoms with Crippen molar-refractivity contribution in [2.45, 2.75) is 20.0 Å².